The SMILES string of the molecule is Cc1ccccc1C(=O)N[C@H](C(=O)NCc1ccccc1Cl)C(C)C. The molecule has 2 N–H and O–H groups in total. The lowest BCUT2D eigenvalue weighted by molar-refractivity contribution is -0.124. The molecule has 2 rings (SSSR count). The van der Waals surface area contributed by atoms with E-state index < -0.39 is 6.04 Å². The smallest absolute Gasteiger partial charge is 0.252 e. The Kier molecular flexibility index (Phi) is 6.59. The number of amides is 2. The molecular weight excluding hydrogens is 336 g/mol. The molecule has 2 aromatic rings. The van der Waals surface area contributed by atoms with Gasteiger partial charge in [0.05, 0.1) is 0 Å². The number of rotatable bonds is 6. The fourth-order valence-electron chi connectivity index (χ4n) is 2.52. The summed E-state index contributed by atoms with van der Waals surface area (Å²) in [5.41, 5.74) is 2.29. The molecule has 0 aliphatic carbocycles. The van der Waals surface area contributed by atoms with E-state index in [2.05, 4.69) is 10.6 Å². The van der Waals surface area contributed by atoms with Crippen LogP contribution in [-0.4, -0.2) is 17.9 Å². The first kappa shape index (κ1) is 19.0. The quantitative estimate of drug-likeness (QED) is 0.826. The third-order valence-corrected chi connectivity index (χ3v) is 4.41. The summed E-state index contributed by atoms with van der Waals surface area (Å²) < 4.78 is 0. The Labute approximate surface area is 153 Å². The van der Waals surface area contributed by atoms with E-state index in [9.17, 15) is 9.59 Å². The fraction of sp³-hybridized carbons (Fsp3) is 0.300. The van der Waals surface area contributed by atoms with Crippen LogP contribution < -0.4 is 10.6 Å². The largest absolute Gasteiger partial charge is 0.350 e. The summed E-state index contributed by atoms with van der Waals surface area (Å²) >= 11 is 6.11. The summed E-state index contributed by atoms with van der Waals surface area (Å²) in [6, 6.07) is 14.0. The topological polar surface area (TPSA) is 58.2 Å². The van der Waals surface area contributed by atoms with E-state index in [1.807, 2.05) is 57.2 Å². The molecule has 0 radical (unpaired) electrons. The Morgan fingerprint density at radius 2 is 1.68 bits per heavy atom. The van der Waals surface area contributed by atoms with Crippen molar-refractivity contribution < 1.29 is 9.59 Å². The van der Waals surface area contributed by atoms with Crippen LogP contribution in [0.4, 0.5) is 0 Å². The molecule has 0 saturated heterocycles. The zero-order valence-corrected chi connectivity index (χ0v) is 15.4. The number of halogens is 1. The average Bonchev–Trinajstić information content (AvgIpc) is 2.58. The molecule has 2 amide bonds. The van der Waals surface area contributed by atoms with E-state index in [-0.39, 0.29) is 17.7 Å². The molecule has 0 saturated carbocycles. The molecule has 2 aromatic carbocycles. The van der Waals surface area contributed by atoms with E-state index in [4.69, 9.17) is 11.6 Å². The molecule has 5 heteroatoms. The zero-order chi connectivity index (χ0) is 18.4. The number of hydrogen-bond donors (Lipinski definition) is 2. The van der Waals surface area contributed by atoms with E-state index in [0.29, 0.717) is 17.1 Å². The van der Waals surface area contributed by atoms with Crippen molar-refractivity contribution in [1.29, 1.82) is 0 Å². The first-order chi connectivity index (χ1) is 11.9. The van der Waals surface area contributed by atoms with Crippen molar-refractivity contribution in [2.75, 3.05) is 0 Å². The molecule has 0 fully saturated rings. The highest BCUT2D eigenvalue weighted by atomic mass is 35.5. The van der Waals surface area contributed by atoms with Crippen LogP contribution >= 0.6 is 11.6 Å². The van der Waals surface area contributed by atoms with Crippen LogP contribution in [0.5, 0.6) is 0 Å². The summed E-state index contributed by atoms with van der Waals surface area (Å²) in [5, 5.41) is 6.30. The second-order valence-corrected chi connectivity index (χ2v) is 6.73. The number of carbonyl (C=O) groups excluding carboxylic acids is 2. The van der Waals surface area contributed by atoms with Gasteiger partial charge in [-0.3, -0.25) is 9.59 Å². The second kappa shape index (κ2) is 8.67. The minimum Gasteiger partial charge on any atom is -0.350 e. The fourth-order valence-corrected chi connectivity index (χ4v) is 2.72. The van der Waals surface area contributed by atoms with Gasteiger partial charge < -0.3 is 10.6 Å². The molecule has 0 aromatic heterocycles. The third-order valence-electron chi connectivity index (χ3n) is 4.04. The normalized spacial score (nSPS) is 11.9. The second-order valence-electron chi connectivity index (χ2n) is 6.32. The molecule has 0 aliphatic rings. The minimum atomic E-state index is -0.616. The monoisotopic (exact) mass is 358 g/mol. The van der Waals surface area contributed by atoms with Crippen LogP contribution in [0, 0.1) is 12.8 Å². The van der Waals surface area contributed by atoms with Crippen LogP contribution in [0.3, 0.4) is 0 Å². The minimum absolute atomic E-state index is 0.0424. The van der Waals surface area contributed by atoms with Gasteiger partial charge in [-0.1, -0.05) is 61.8 Å². The first-order valence-corrected chi connectivity index (χ1v) is 8.65. The van der Waals surface area contributed by atoms with Gasteiger partial charge in [-0.25, -0.2) is 0 Å². The standard InChI is InChI=1S/C20H23ClN2O2/c1-13(2)18(23-19(24)16-10-6-4-8-14(16)3)20(25)22-12-15-9-5-7-11-17(15)21/h4-11,13,18H,12H2,1-3H3,(H,22,25)(H,23,24)/t18-/m0/s1. The van der Waals surface area contributed by atoms with Gasteiger partial charge in [0, 0.05) is 17.1 Å². The lowest BCUT2D eigenvalue weighted by atomic mass is 10.0. The molecule has 0 bridgehead atoms. The van der Waals surface area contributed by atoms with Gasteiger partial charge in [0.15, 0.2) is 0 Å². The maximum absolute atomic E-state index is 12.6. The Balaban J connectivity index is 2.04. The summed E-state index contributed by atoms with van der Waals surface area (Å²) in [6.07, 6.45) is 0. The third kappa shape index (κ3) is 5.07. The number of nitrogens with one attached hydrogen (secondary N) is 2. The van der Waals surface area contributed by atoms with Crippen molar-refractivity contribution in [2.45, 2.75) is 33.4 Å². The molecule has 0 spiro atoms. The van der Waals surface area contributed by atoms with Crippen LogP contribution in [0.2, 0.25) is 5.02 Å². The van der Waals surface area contributed by atoms with Crippen molar-refractivity contribution in [3.63, 3.8) is 0 Å². The van der Waals surface area contributed by atoms with Crippen molar-refractivity contribution >= 4 is 23.4 Å². The maximum Gasteiger partial charge on any atom is 0.252 e. The van der Waals surface area contributed by atoms with Gasteiger partial charge >= 0.3 is 0 Å². The Bertz CT molecular complexity index is 759. The van der Waals surface area contributed by atoms with Gasteiger partial charge in [-0.2, -0.15) is 0 Å². The Hall–Kier alpha value is -2.33. The number of benzene rings is 2. The van der Waals surface area contributed by atoms with E-state index in [1.165, 1.54) is 0 Å². The highest BCUT2D eigenvalue weighted by molar-refractivity contribution is 6.31. The predicted octanol–water partition coefficient (Wildman–Crippen LogP) is 3.72. The van der Waals surface area contributed by atoms with E-state index in [1.54, 1.807) is 12.1 Å². The van der Waals surface area contributed by atoms with E-state index in [0.717, 1.165) is 11.1 Å². The summed E-state index contributed by atoms with van der Waals surface area (Å²) in [5.74, 6) is -0.513. The number of aryl methyl sites for hydroxylation is 1. The van der Waals surface area contributed by atoms with Crippen LogP contribution in [-0.2, 0) is 11.3 Å². The van der Waals surface area contributed by atoms with Crippen LogP contribution in [0.1, 0.15) is 35.3 Å². The number of hydrogen-bond acceptors (Lipinski definition) is 2. The van der Waals surface area contributed by atoms with Crippen molar-refractivity contribution in [3.05, 3.63) is 70.2 Å². The molecule has 1 atom stereocenters. The predicted molar refractivity (Wildman–Crippen MR) is 101 cm³/mol. The number of carbonyl (C=O) groups is 2. The van der Waals surface area contributed by atoms with Gasteiger partial charge in [0.2, 0.25) is 5.91 Å². The van der Waals surface area contributed by atoms with Gasteiger partial charge in [0.1, 0.15) is 6.04 Å². The molecule has 132 valence electrons. The van der Waals surface area contributed by atoms with Crippen LogP contribution in [0.15, 0.2) is 48.5 Å². The molecule has 4 nitrogen and oxygen atoms in total. The maximum atomic E-state index is 12.6. The summed E-state index contributed by atoms with van der Waals surface area (Å²) in [6.45, 7) is 5.99. The van der Waals surface area contributed by atoms with E-state index >= 15 is 0 Å². The molecule has 0 heterocycles. The van der Waals surface area contributed by atoms with Crippen LogP contribution in [0.25, 0.3) is 0 Å². The summed E-state index contributed by atoms with van der Waals surface area (Å²) in [4.78, 5) is 25.1. The highest BCUT2D eigenvalue weighted by Gasteiger charge is 2.25. The molecule has 25 heavy (non-hydrogen) atoms. The van der Waals surface area contributed by atoms with Crippen molar-refractivity contribution in [1.82, 2.24) is 10.6 Å². The average molecular weight is 359 g/mol. The Morgan fingerprint density at radius 3 is 2.32 bits per heavy atom. The van der Waals surface area contributed by atoms with Crippen molar-refractivity contribution in [3.8, 4) is 0 Å². The molecular formula is C20H23ClN2O2. The molecule has 0 unspecified atom stereocenters. The first-order valence-electron chi connectivity index (χ1n) is 8.27. The van der Waals surface area contributed by atoms with Gasteiger partial charge in [-0.05, 0) is 36.1 Å². The Morgan fingerprint density at radius 1 is 1.04 bits per heavy atom. The lowest BCUT2D eigenvalue weighted by Gasteiger charge is -2.22. The molecule has 0 aliphatic heterocycles. The van der Waals surface area contributed by atoms with Gasteiger partial charge in [0.25, 0.3) is 5.91 Å². The van der Waals surface area contributed by atoms with Crippen molar-refractivity contribution in [2.24, 2.45) is 5.92 Å². The zero-order valence-electron chi connectivity index (χ0n) is 14.7. The lowest BCUT2D eigenvalue weighted by Crippen LogP contribution is -2.49. The highest BCUT2D eigenvalue weighted by Crippen LogP contribution is 2.15. The summed E-state index contributed by atoms with van der Waals surface area (Å²) in [7, 11) is 0. The van der Waals surface area contributed by atoms with Gasteiger partial charge in [-0.15, -0.1) is 0 Å².